The summed E-state index contributed by atoms with van der Waals surface area (Å²) in [5.41, 5.74) is 1.95. The molecule has 0 radical (unpaired) electrons. The molecule has 4 aromatic rings. The number of hydrogen-bond donors (Lipinski definition) is 2. The Balaban J connectivity index is 1.68. The highest BCUT2D eigenvalue weighted by molar-refractivity contribution is 8.00. The van der Waals surface area contributed by atoms with Crippen LogP contribution >= 0.6 is 11.8 Å². The lowest BCUT2D eigenvalue weighted by atomic mass is 10.1. The Bertz CT molecular complexity index is 1380. The molecule has 0 aliphatic heterocycles. The van der Waals surface area contributed by atoms with Gasteiger partial charge in [-0.25, -0.2) is 4.68 Å². The maximum Gasteiger partial charge on any atom is 0.293 e. The predicted octanol–water partition coefficient (Wildman–Crippen LogP) is 4.36. The largest absolute Gasteiger partial charge is 0.496 e. The Kier molecular flexibility index (Phi) is 6.97. The fraction of sp³-hybridized carbons (Fsp3) is 0.125. The summed E-state index contributed by atoms with van der Waals surface area (Å²) in [6.45, 7) is 1.74. The molecule has 3 N–H and O–H groups in total. The summed E-state index contributed by atoms with van der Waals surface area (Å²) in [7, 11) is 1.55. The van der Waals surface area contributed by atoms with Crippen molar-refractivity contribution < 1.29 is 14.5 Å². The number of amides is 1. The number of aromatic nitrogens is 3. The third kappa shape index (κ3) is 5.09. The van der Waals surface area contributed by atoms with E-state index in [1.54, 1.807) is 56.5 Å². The number of aryl methyl sites for hydroxylation is 1. The van der Waals surface area contributed by atoms with E-state index in [9.17, 15) is 14.9 Å². The molecule has 1 unspecified atom stereocenters. The van der Waals surface area contributed by atoms with Gasteiger partial charge in [0.05, 0.1) is 17.6 Å². The van der Waals surface area contributed by atoms with Crippen molar-refractivity contribution in [3.05, 3.63) is 94.0 Å². The van der Waals surface area contributed by atoms with E-state index >= 15 is 0 Å². The molecule has 0 spiro atoms. The Hall–Kier alpha value is -4.38. The number of nitro groups is 1. The minimum atomic E-state index is -0.811. The molecule has 0 aliphatic carbocycles. The maximum absolute atomic E-state index is 13.4. The second-order valence-corrected chi connectivity index (χ2v) is 8.62. The predicted molar refractivity (Wildman–Crippen MR) is 134 cm³/mol. The van der Waals surface area contributed by atoms with Crippen molar-refractivity contribution in [1.82, 2.24) is 14.9 Å². The molecule has 0 aliphatic rings. The number of carbonyl (C=O) groups is 1. The Morgan fingerprint density at radius 3 is 2.54 bits per heavy atom. The first kappa shape index (κ1) is 23.8. The molecule has 10 nitrogen and oxygen atoms in total. The summed E-state index contributed by atoms with van der Waals surface area (Å²) in [5, 5.41) is 22.1. The van der Waals surface area contributed by atoms with Crippen molar-refractivity contribution >= 4 is 29.0 Å². The van der Waals surface area contributed by atoms with Crippen LogP contribution in [0.5, 0.6) is 5.75 Å². The second-order valence-electron chi connectivity index (χ2n) is 7.55. The van der Waals surface area contributed by atoms with Gasteiger partial charge in [0.2, 0.25) is 11.1 Å². The standard InChI is InChI=1S/C24H22N6O4S/c1-15-12-13-18(19(14-15)30(32)33)26-23(31)21(16-8-4-3-5-9-16)35-24-28-27-22(29(24)25)17-10-6-7-11-20(17)34-2/h3-14,21H,25H2,1-2H3,(H,26,31). The van der Waals surface area contributed by atoms with Crippen LogP contribution in [0.3, 0.4) is 0 Å². The van der Waals surface area contributed by atoms with Gasteiger partial charge < -0.3 is 15.9 Å². The summed E-state index contributed by atoms with van der Waals surface area (Å²) in [5.74, 6) is 6.79. The molecule has 1 aromatic heterocycles. The van der Waals surface area contributed by atoms with E-state index in [1.807, 2.05) is 18.2 Å². The van der Waals surface area contributed by atoms with Gasteiger partial charge in [0.15, 0.2) is 5.82 Å². The van der Waals surface area contributed by atoms with Gasteiger partial charge in [-0.2, -0.15) is 0 Å². The minimum absolute atomic E-state index is 0.107. The highest BCUT2D eigenvalue weighted by Crippen LogP contribution is 2.38. The zero-order valence-electron chi connectivity index (χ0n) is 18.9. The average molecular weight is 491 g/mol. The first-order valence-electron chi connectivity index (χ1n) is 10.5. The van der Waals surface area contributed by atoms with Gasteiger partial charge in [0, 0.05) is 6.07 Å². The molecule has 0 saturated heterocycles. The second kappa shape index (κ2) is 10.3. The first-order valence-corrected chi connectivity index (χ1v) is 11.4. The fourth-order valence-electron chi connectivity index (χ4n) is 3.47. The van der Waals surface area contributed by atoms with Crippen LogP contribution in [-0.2, 0) is 4.79 Å². The molecule has 4 rings (SSSR count). The first-order chi connectivity index (χ1) is 16.9. The van der Waals surface area contributed by atoms with E-state index in [4.69, 9.17) is 10.6 Å². The van der Waals surface area contributed by atoms with Crippen LogP contribution in [0.15, 0.2) is 78.0 Å². The number of carbonyl (C=O) groups excluding carboxylic acids is 1. The Labute approximate surface area is 205 Å². The van der Waals surface area contributed by atoms with Crippen molar-refractivity contribution in [2.75, 3.05) is 18.3 Å². The fourth-order valence-corrected chi connectivity index (χ4v) is 4.43. The SMILES string of the molecule is COc1ccccc1-c1nnc(SC(C(=O)Nc2ccc(C)cc2[N+](=O)[O-])c2ccccc2)n1N. The lowest BCUT2D eigenvalue weighted by Crippen LogP contribution is -2.21. The number of methoxy groups -OCH3 is 1. The molecule has 11 heteroatoms. The number of anilines is 1. The number of para-hydroxylation sites is 1. The van der Waals surface area contributed by atoms with Gasteiger partial charge in [-0.3, -0.25) is 14.9 Å². The molecular formula is C24H22N6O4S. The summed E-state index contributed by atoms with van der Waals surface area (Å²) >= 11 is 1.08. The normalized spacial score (nSPS) is 11.6. The molecule has 0 bridgehead atoms. The number of ether oxygens (including phenoxy) is 1. The topological polar surface area (TPSA) is 138 Å². The third-order valence-electron chi connectivity index (χ3n) is 5.18. The molecule has 1 atom stereocenters. The van der Waals surface area contributed by atoms with Gasteiger partial charge in [-0.1, -0.05) is 60.3 Å². The third-order valence-corrected chi connectivity index (χ3v) is 6.40. The van der Waals surface area contributed by atoms with E-state index < -0.39 is 16.1 Å². The van der Waals surface area contributed by atoms with Crippen molar-refractivity contribution in [1.29, 1.82) is 0 Å². The number of nitrogens with two attached hydrogens (primary N) is 1. The molecule has 3 aromatic carbocycles. The number of thioether (sulfide) groups is 1. The average Bonchev–Trinajstić information content (AvgIpc) is 3.23. The van der Waals surface area contributed by atoms with Crippen LogP contribution in [0.2, 0.25) is 0 Å². The van der Waals surface area contributed by atoms with E-state index in [0.717, 1.165) is 11.8 Å². The highest BCUT2D eigenvalue weighted by Gasteiger charge is 2.28. The van der Waals surface area contributed by atoms with Crippen molar-refractivity contribution in [2.45, 2.75) is 17.3 Å². The summed E-state index contributed by atoms with van der Waals surface area (Å²) in [4.78, 5) is 24.4. The van der Waals surface area contributed by atoms with Gasteiger partial charge in [-0.05, 0) is 36.2 Å². The van der Waals surface area contributed by atoms with Crippen LogP contribution < -0.4 is 15.9 Å². The van der Waals surface area contributed by atoms with Crippen LogP contribution in [0.1, 0.15) is 16.4 Å². The lowest BCUT2D eigenvalue weighted by molar-refractivity contribution is -0.384. The monoisotopic (exact) mass is 490 g/mol. The summed E-state index contributed by atoms with van der Waals surface area (Å²) < 4.78 is 6.69. The molecule has 1 amide bonds. The summed E-state index contributed by atoms with van der Waals surface area (Å²) in [6.07, 6.45) is 0. The quantitative estimate of drug-likeness (QED) is 0.161. The maximum atomic E-state index is 13.4. The lowest BCUT2D eigenvalue weighted by Gasteiger charge is -2.17. The molecule has 178 valence electrons. The van der Waals surface area contributed by atoms with Crippen LogP contribution in [-0.4, -0.2) is 32.8 Å². The van der Waals surface area contributed by atoms with Gasteiger partial charge in [0.1, 0.15) is 16.7 Å². The Morgan fingerprint density at radius 2 is 1.83 bits per heavy atom. The molecule has 0 fully saturated rings. The van der Waals surface area contributed by atoms with Gasteiger partial charge >= 0.3 is 0 Å². The summed E-state index contributed by atoms with van der Waals surface area (Å²) in [6, 6.07) is 20.9. The van der Waals surface area contributed by atoms with Crippen molar-refractivity contribution in [2.24, 2.45) is 0 Å². The zero-order valence-corrected chi connectivity index (χ0v) is 19.7. The number of nitro benzene ring substituents is 1. The Morgan fingerprint density at radius 1 is 1.11 bits per heavy atom. The highest BCUT2D eigenvalue weighted by atomic mass is 32.2. The molecule has 0 saturated carbocycles. The number of nitrogens with zero attached hydrogens (tertiary/aromatic N) is 4. The zero-order chi connectivity index (χ0) is 24.9. The number of rotatable bonds is 8. The van der Waals surface area contributed by atoms with Crippen LogP contribution in [0.25, 0.3) is 11.4 Å². The van der Waals surface area contributed by atoms with Crippen molar-refractivity contribution in [3.8, 4) is 17.1 Å². The molecule has 1 heterocycles. The minimum Gasteiger partial charge on any atom is -0.496 e. The van der Waals surface area contributed by atoms with E-state index in [1.165, 1.54) is 16.8 Å². The number of nitrogens with one attached hydrogen (secondary N) is 1. The van der Waals surface area contributed by atoms with Gasteiger partial charge in [0.25, 0.3) is 5.69 Å². The van der Waals surface area contributed by atoms with E-state index in [0.29, 0.717) is 28.3 Å². The van der Waals surface area contributed by atoms with E-state index in [-0.39, 0.29) is 16.5 Å². The number of hydrogen-bond acceptors (Lipinski definition) is 8. The molecule has 35 heavy (non-hydrogen) atoms. The van der Waals surface area contributed by atoms with E-state index in [2.05, 4.69) is 15.5 Å². The number of benzene rings is 3. The van der Waals surface area contributed by atoms with Crippen LogP contribution in [0.4, 0.5) is 11.4 Å². The van der Waals surface area contributed by atoms with Crippen LogP contribution in [0, 0.1) is 17.0 Å². The molecular weight excluding hydrogens is 468 g/mol. The number of nitrogen functional groups attached to an aromatic ring is 1. The smallest absolute Gasteiger partial charge is 0.293 e. The van der Waals surface area contributed by atoms with Gasteiger partial charge in [-0.15, -0.1) is 10.2 Å². The van der Waals surface area contributed by atoms with Crippen molar-refractivity contribution in [3.63, 3.8) is 0 Å².